The van der Waals surface area contributed by atoms with E-state index in [1.165, 1.54) is 12.8 Å². The highest BCUT2D eigenvalue weighted by atomic mass is 16.5. The Morgan fingerprint density at radius 2 is 1.62 bits per heavy atom. The van der Waals surface area contributed by atoms with Crippen molar-refractivity contribution in [3.05, 3.63) is 11.7 Å². The summed E-state index contributed by atoms with van der Waals surface area (Å²) in [4.78, 5) is 4.58. The first-order chi connectivity index (χ1) is 9.59. The molecule has 1 fully saturated rings. The van der Waals surface area contributed by atoms with Crippen molar-refractivity contribution >= 4 is 0 Å². The minimum Gasteiger partial charge on any atom is -0.338 e. The Balaban J connectivity index is 2.01. The van der Waals surface area contributed by atoms with Gasteiger partial charge < -0.3 is 10.3 Å². The molecular weight excluding hydrogens is 262 g/mol. The van der Waals surface area contributed by atoms with Crippen LogP contribution in [0.15, 0.2) is 4.52 Å². The minimum atomic E-state index is -0.204. The largest absolute Gasteiger partial charge is 0.338 e. The van der Waals surface area contributed by atoms with Crippen LogP contribution in [0.1, 0.15) is 90.9 Å². The van der Waals surface area contributed by atoms with E-state index in [9.17, 15) is 0 Å². The lowest BCUT2D eigenvalue weighted by Crippen LogP contribution is -2.27. The Kier molecular flexibility index (Phi) is 4.48. The zero-order valence-corrected chi connectivity index (χ0v) is 14.4. The van der Waals surface area contributed by atoms with E-state index in [-0.39, 0.29) is 11.5 Å². The van der Waals surface area contributed by atoms with Gasteiger partial charge in [-0.2, -0.15) is 4.98 Å². The highest BCUT2D eigenvalue weighted by molar-refractivity contribution is 5.02. The monoisotopic (exact) mass is 293 g/mol. The predicted molar refractivity (Wildman–Crippen MR) is 84.8 cm³/mol. The van der Waals surface area contributed by atoms with E-state index in [1.807, 2.05) is 0 Å². The third-order valence-electron chi connectivity index (χ3n) is 4.97. The highest BCUT2D eigenvalue weighted by Crippen LogP contribution is 2.42. The molecule has 1 atom stereocenters. The van der Waals surface area contributed by atoms with Crippen LogP contribution < -0.4 is 5.73 Å². The van der Waals surface area contributed by atoms with Crippen LogP contribution in [0.5, 0.6) is 0 Å². The number of hydrogen-bond acceptors (Lipinski definition) is 4. The molecule has 0 bridgehead atoms. The molecule has 120 valence electrons. The molecule has 21 heavy (non-hydrogen) atoms. The van der Waals surface area contributed by atoms with Gasteiger partial charge in [0.25, 0.3) is 0 Å². The van der Waals surface area contributed by atoms with Gasteiger partial charge in [-0.05, 0) is 42.4 Å². The fourth-order valence-corrected chi connectivity index (χ4v) is 3.13. The molecule has 0 saturated heterocycles. The Hall–Kier alpha value is -0.900. The summed E-state index contributed by atoms with van der Waals surface area (Å²) in [5.74, 6) is 2.68. The van der Waals surface area contributed by atoms with Crippen LogP contribution in [-0.2, 0) is 0 Å². The maximum atomic E-state index is 6.20. The lowest BCUT2D eigenvalue weighted by Gasteiger charge is -2.36. The van der Waals surface area contributed by atoms with Crippen molar-refractivity contribution in [3.8, 4) is 0 Å². The molecule has 0 amide bonds. The molecule has 0 unspecified atom stereocenters. The van der Waals surface area contributed by atoms with E-state index in [1.54, 1.807) is 0 Å². The summed E-state index contributed by atoms with van der Waals surface area (Å²) in [6.07, 6.45) is 4.82. The maximum absolute atomic E-state index is 6.20. The zero-order valence-electron chi connectivity index (χ0n) is 14.4. The Morgan fingerprint density at radius 1 is 1.05 bits per heavy atom. The van der Waals surface area contributed by atoms with Gasteiger partial charge in [0, 0.05) is 5.92 Å². The lowest BCUT2D eigenvalue weighted by atomic mass is 9.70. The molecule has 1 saturated carbocycles. The molecule has 4 heteroatoms. The normalized spacial score (nSPS) is 25.9. The van der Waals surface area contributed by atoms with Gasteiger partial charge in [0.15, 0.2) is 5.82 Å². The average Bonchev–Trinajstić information content (AvgIpc) is 2.85. The van der Waals surface area contributed by atoms with E-state index in [4.69, 9.17) is 10.3 Å². The van der Waals surface area contributed by atoms with Crippen molar-refractivity contribution in [3.63, 3.8) is 0 Å². The van der Waals surface area contributed by atoms with Gasteiger partial charge in [-0.25, -0.2) is 0 Å². The van der Waals surface area contributed by atoms with Crippen LogP contribution in [-0.4, -0.2) is 10.1 Å². The summed E-state index contributed by atoms with van der Waals surface area (Å²) in [7, 11) is 0. The van der Waals surface area contributed by atoms with Crippen LogP contribution in [0, 0.1) is 16.7 Å². The van der Waals surface area contributed by atoms with Crippen molar-refractivity contribution in [2.24, 2.45) is 22.5 Å². The SMILES string of the molecule is CC(C)(C)C1CCC(c2noc([C@H](N)C(C)(C)C)n2)CC1. The molecule has 0 spiro atoms. The Morgan fingerprint density at radius 3 is 2.10 bits per heavy atom. The first-order valence-electron chi connectivity index (χ1n) is 8.18. The summed E-state index contributed by atoms with van der Waals surface area (Å²) in [6.45, 7) is 13.3. The minimum absolute atomic E-state index is 0.0618. The van der Waals surface area contributed by atoms with Gasteiger partial charge in [-0.15, -0.1) is 0 Å². The molecule has 4 nitrogen and oxygen atoms in total. The molecule has 1 aromatic heterocycles. The van der Waals surface area contributed by atoms with Gasteiger partial charge in [0.1, 0.15) is 0 Å². The summed E-state index contributed by atoms with van der Waals surface area (Å²) in [5.41, 5.74) is 6.54. The average molecular weight is 293 g/mol. The Bertz CT molecular complexity index is 459. The zero-order chi connectivity index (χ0) is 15.8. The van der Waals surface area contributed by atoms with Gasteiger partial charge >= 0.3 is 0 Å². The molecule has 0 radical (unpaired) electrons. The molecule has 0 aromatic carbocycles. The van der Waals surface area contributed by atoms with E-state index in [2.05, 4.69) is 51.7 Å². The smallest absolute Gasteiger partial charge is 0.244 e. The molecule has 1 aliphatic carbocycles. The van der Waals surface area contributed by atoms with Crippen LogP contribution in [0.3, 0.4) is 0 Å². The topological polar surface area (TPSA) is 64.9 Å². The van der Waals surface area contributed by atoms with Crippen molar-refractivity contribution in [2.75, 3.05) is 0 Å². The van der Waals surface area contributed by atoms with Crippen molar-refractivity contribution in [2.45, 2.75) is 79.2 Å². The third-order valence-corrected chi connectivity index (χ3v) is 4.97. The van der Waals surface area contributed by atoms with Gasteiger partial charge in [0.05, 0.1) is 6.04 Å². The van der Waals surface area contributed by atoms with Crippen LogP contribution in [0.4, 0.5) is 0 Å². The van der Waals surface area contributed by atoms with Crippen LogP contribution >= 0.6 is 0 Å². The quantitative estimate of drug-likeness (QED) is 0.875. The van der Waals surface area contributed by atoms with E-state index >= 15 is 0 Å². The highest BCUT2D eigenvalue weighted by Gasteiger charge is 2.33. The molecule has 1 aromatic rings. The summed E-state index contributed by atoms with van der Waals surface area (Å²) in [6, 6.07) is -0.204. The first kappa shape index (κ1) is 16.5. The summed E-state index contributed by atoms with van der Waals surface area (Å²) in [5, 5.41) is 4.20. The second kappa shape index (κ2) is 5.71. The fourth-order valence-electron chi connectivity index (χ4n) is 3.13. The number of nitrogens with two attached hydrogens (primary N) is 1. The van der Waals surface area contributed by atoms with E-state index < -0.39 is 0 Å². The maximum Gasteiger partial charge on any atom is 0.244 e. The molecule has 2 rings (SSSR count). The fraction of sp³-hybridized carbons (Fsp3) is 0.882. The molecular formula is C17H31N3O. The van der Waals surface area contributed by atoms with Gasteiger partial charge in [-0.3, -0.25) is 0 Å². The van der Waals surface area contributed by atoms with E-state index in [0.717, 1.165) is 24.6 Å². The molecule has 1 heterocycles. The molecule has 2 N–H and O–H groups in total. The van der Waals surface area contributed by atoms with E-state index in [0.29, 0.717) is 17.2 Å². The molecule has 1 aliphatic rings. The summed E-state index contributed by atoms with van der Waals surface area (Å²) < 4.78 is 5.41. The van der Waals surface area contributed by atoms with Crippen LogP contribution in [0.25, 0.3) is 0 Å². The number of hydrogen-bond donors (Lipinski definition) is 1. The molecule has 0 aliphatic heterocycles. The Labute approximate surface area is 128 Å². The van der Waals surface area contributed by atoms with Gasteiger partial charge in [-0.1, -0.05) is 46.7 Å². The lowest BCUT2D eigenvalue weighted by molar-refractivity contribution is 0.166. The second-order valence-electron chi connectivity index (χ2n) is 8.75. The first-order valence-corrected chi connectivity index (χ1v) is 8.18. The van der Waals surface area contributed by atoms with Crippen molar-refractivity contribution in [1.29, 1.82) is 0 Å². The number of aromatic nitrogens is 2. The summed E-state index contributed by atoms with van der Waals surface area (Å²) >= 11 is 0. The third kappa shape index (κ3) is 3.85. The van der Waals surface area contributed by atoms with Gasteiger partial charge in [0.2, 0.25) is 5.89 Å². The standard InChI is InChI=1S/C17H31N3O/c1-16(2,3)12-9-7-11(8-10-12)14-19-15(21-20-14)13(18)17(4,5)6/h11-13H,7-10,18H2,1-6H3/t11?,12?,13-/m0/s1. The van der Waals surface area contributed by atoms with Crippen molar-refractivity contribution in [1.82, 2.24) is 10.1 Å². The predicted octanol–water partition coefficient (Wildman–Crippen LogP) is 4.44. The second-order valence-corrected chi connectivity index (χ2v) is 8.75. The number of rotatable bonds is 2. The van der Waals surface area contributed by atoms with Crippen molar-refractivity contribution < 1.29 is 4.52 Å². The number of nitrogens with zero attached hydrogens (tertiary/aromatic N) is 2. The van der Waals surface area contributed by atoms with Crippen LogP contribution in [0.2, 0.25) is 0 Å².